The van der Waals surface area contributed by atoms with Crippen molar-refractivity contribution in [2.24, 2.45) is 0 Å². The van der Waals surface area contributed by atoms with Crippen molar-refractivity contribution in [3.63, 3.8) is 0 Å². The fourth-order valence-electron chi connectivity index (χ4n) is 2.69. The van der Waals surface area contributed by atoms with Crippen LogP contribution < -0.4 is 4.90 Å². The number of nitrogens with zero attached hydrogens (tertiary/aromatic N) is 3. The summed E-state index contributed by atoms with van der Waals surface area (Å²) in [6, 6.07) is 13.6. The average molecular weight is 324 g/mol. The van der Waals surface area contributed by atoms with E-state index in [1.54, 1.807) is 65.6 Å². The average Bonchev–Trinajstić information content (AvgIpc) is 3.16. The number of imide groups is 1. The van der Waals surface area contributed by atoms with Crippen LogP contribution in [0.25, 0.3) is 5.69 Å². The van der Waals surface area contributed by atoms with E-state index >= 15 is 0 Å². The van der Waals surface area contributed by atoms with Crippen LogP contribution in [-0.4, -0.2) is 21.6 Å². The number of amides is 2. The van der Waals surface area contributed by atoms with Gasteiger partial charge >= 0.3 is 0 Å². The zero-order valence-electron chi connectivity index (χ0n) is 11.8. The number of carbonyl (C=O) groups excluding carboxylic acids is 2. The van der Waals surface area contributed by atoms with Crippen molar-refractivity contribution >= 4 is 29.1 Å². The van der Waals surface area contributed by atoms with Crippen molar-refractivity contribution < 1.29 is 9.59 Å². The molecule has 0 aliphatic carbocycles. The van der Waals surface area contributed by atoms with Crippen LogP contribution in [0.3, 0.4) is 0 Å². The van der Waals surface area contributed by atoms with E-state index < -0.39 is 0 Å². The molecule has 0 atom stereocenters. The molecule has 0 fully saturated rings. The Morgan fingerprint density at radius 3 is 2.17 bits per heavy atom. The number of hydrogen-bond donors (Lipinski definition) is 0. The van der Waals surface area contributed by atoms with E-state index in [1.165, 1.54) is 0 Å². The SMILES string of the molecule is O=C1c2ccccc2C(=O)N1c1cc(Cl)ccc1-n1cccn1. The number of rotatable bonds is 2. The highest BCUT2D eigenvalue weighted by molar-refractivity contribution is 6.36. The summed E-state index contributed by atoms with van der Waals surface area (Å²) >= 11 is 6.08. The van der Waals surface area contributed by atoms with Crippen LogP contribution in [0.2, 0.25) is 5.02 Å². The van der Waals surface area contributed by atoms with E-state index in [4.69, 9.17) is 11.6 Å². The van der Waals surface area contributed by atoms with Crippen molar-refractivity contribution in [2.75, 3.05) is 4.90 Å². The standard InChI is InChI=1S/C17H10ClN3O2/c18-11-6-7-14(20-9-3-8-19-20)15(10-11)21-16(22)12-4-1-2-5-13(12)17(21)23/h1-10H. The molecule has 2 heterocycles. The molecule has 0 spiro atoms. The van der Waals surface area contributed by atoms with Gasteiger partial charge in [-0.05, 0) is 36.4 Å². The summed E-state index contributed by atoms with van der Waals surface area (Å²) in [5.74, 6) is -0.720. The van der Waals surface area contributed by atoms with E-state index in [-0.39, 0.29) is 11.8 Å². The van der Waals surface area contributed by atoms with Crippen molar-refractivity contribution in [3.8, 4) is 5.69 Å². The lowest BCUT2D eigenvalue weighted by Crippen LogP contribution is -2.30. The molecule has 0 radical (unpaired) electrons. The minimum atomic E-state index is -0.360. The van der Waals surface area contributed by atoms with Gasteiger partial charge in [-0.2, -0.15) is 5.10 Å². The lowest BCUT2D eigenvalue weighted by Gasteiger charge is -2.18. The summed E-state index contributed by atoms with van der Waals surface area (Å²) < 4.78 is 1.59. The molecule has 3 aromatic rings. The smallest absolute Gasteiger partial charge is 0.266 e. The lowest BCUT2D eigenvalue weighted by atomic mass is 10.1. The van der Waals surface area contributed by atoms with Gasteiger partial charge in [0.1, 0.15) is 0 Å². The molecule has 0 unspecified atom stereocenters. The third kappa shape index (κ3) is 2.05. The third-order valence-corrected chi connectivity index (χ3v) is 3.96. The number of carbonyl (C=O) groups is 2. The normalized spacial score (nSPS) is 13.5. The Kier molecular flexibility index (Phi) is 3.02. The summed E-state index contributed by atoms with van der Waals surface area (Å²) in [5.41, 5.74) is 1.80. The van der Waals surface area contributed by atoms with Crippen molar-refractivity contribution in [1.29, 1.82) is 0 Å². The monoisotopic (exact) mass is 323 g/mol. The molecule has 0 saturated heterocycles. The maximum absolute atomic E-state index is 12.7. The molecule has 2 aromatic carbocycles. The van der Waals surface area contributed by atoms with Crippen LogP contribution in [0.4, 0.5) is 5.69 Å². The molecular weight excluding hydrogens is 314 g/mol. The maximum Gasteiger partial charge on any atom is 0.266 e. The summed E-state index contributed by atoms with van der Waals surface area (Å²) in [5, 5.41) is 4.61. The lowest BCUT2D eigenvalue weighted by molar-refractivity contribution is 0.0926. The minimum absolute atomic E-state index is 0.360. The van der Waals surface area contributed by atoms with Crippen LogP contribution >= 0.6 is 11.6 Å². The second-order valence-corrected chi connectivity index (χ2v) is 5.51. The molecule has 6 heteroatoms. The van der Waals surface area contributed by atoms with Crippen LogP contribution in [0.1, 0.15) is 20.7 Å². The molecule has 5 nitrogen and oxygen atoms in total. The molecule has 0 bridgehead atoms. The predicted octanol–water partition coefficient (Wildman–Crippen LogP) is 3.33. The molecule has 2 amide bonds. The van der Waals surface area contributed by atoms with Crippen LogP contribution in [0, 0.1) is 0 Å². The van der Waals surface area contributed by atoms with Gasteiger partial charge in [0.15, 0.2) is 0 Å². The molecular formula is C17H10ClN3O2. The van der Waals surface area contributed by atoms with Crippen LogP contribution in [-0.2, 0) is 0 Å². The fourth-order valence-corrected chi connectivity index (χ4v) is 2.86. The first-order valence-electron chi connectivity index (χ1n) is 6.94. The maximum atomic E-state index is 12.7. The van der Waals surface area contributed by atoms with Crippen molar-refractivity contribution in [3.05, 3.63) is 77.1 Å². The summed E-state index contributed by atoms with van der Waals surface area (Å²) in [6.07, 6.45) is 3.37. The Hall–Kier alpha value is -2.92. The second-order valence-electron chi connectivity index (χ2n) is 5.07. The summed E-state index contributed by atoms with van der Waals surface area (Å²) in [4.78, 5) is 26.5. The number of hydrogen-bond acceptors (Lipinski definition) is 3. The molecule has 1 aliphatic rings. The molecule has 4 rings (SSSR count). The van der Waals surface area contributed by atoms with Crippen molar-refractivity contribution in [1.82, 2.24) is 9.78 Å². The Balaban J connectivity index is 1.91. The van der Waals surface area contributed by atoms with Crippen LogP contribution in [0.5, 0.6) is 0 Å². The van der Waals surface area contributed by atoms with Gasteiger partial charge in [0.25, 0.3) is 11.8 Å². The highest BCUT2D eigenvalue weighted by Crippen LogP contribution is 2.34. The Morgan fingerprint density at radius 2 is 1.57 bits per heavy atom. The highest BCUT2D eigenvalue weighted by Gasteiger charge is 2.37. The van der Waals surface area contributed by atoms with Gasteiger partial charge in [0, 0.05) is 17.4 Å². The van der Waals surface area contributed by atoms with E-state index in [0.717, 1.165) is 4.90 Å². The summed E-state index contributed by atoms with van der Waals surface area (Å²) in [7, 11) is 0. The Bertz CT molecular complexity index is 900. The molecule has 1 aliphatic heterocycles. The molecule has 112 valence electrons. The van der Waals surface area contributed by atoms with Gasteiger partial charge in [-0.25, -0.2) is 9.58 Å². The molecule has 1 aromatic heterocycles. The fraction of sp³-hybridized carbons (Fsp3) is 0. The zero-order valence-corrected chi connectivity index (χ0v) is 12.6. The topological polar surface area (TPSA) is 55.2 Å². The van der Waals surface area contributed by atoms with E-state index in [1.807, 2.05) is 0 Å². The minimum Gasteiger partial charge on any atom is -0.268 e. The third-order valence-electron chi connectivity index (χ3n) is 3.72. The van der Waals surface area contributed by atoms with Crippen molar-refractivity contribution in [2.45, 2.75) is 0 Å². The number of anilines is 1. The molecule has 23 heavy (non-hydrogen) atoms. The molecule has 0 N–H and O–H groups in total. The van der Waals surface area contributed by atoms with Gasteiger partial charge in [0.2, 0.25) is 0 Å². The van der Waals surface area contributed by atoms with E-state index in [9.17, 15) is 9.59 Å². The van der Waals surface area contributed by atoms with Gasteiger partial charge in [0.05, 0.1) is 22.5 Å². The van der Waals surface area contributed by atoms with E-state index in [2.05, 4.69) is 5.10 Å². The van der Waals surface area contributed by atoms with E-state index in [0.29, 0.717) is 27.5 Å². The number of aromatic nitrogens is 2. The highest BCUT2D eigenvalue weighted by atomic mass is 35.5. The van der Waals surface area contributed by atoms with Crippen LogP contribution in [0.15, 0.2) is 60.9 Å². The van der Waals surface area contributed by atoms with Gasteiger partial charge < -0.3 is 0 Å². The number of halogens is 1. The second kappa shape index (κ2) is 5.07. The van der Waals surface area contributed by atoms with Gasteiger partial charge in [-0.1, -0.05) is 23.7 Å². The molecule has 0 saturated carbocycles. The number of fused-ring (bicyclic) bond motifs is 1. The Labute approximate surface area is 136 Å². The number of benzene rings is 2. The first kappa shape index (κ1) is 13.7. The van der Waals surface area contributed by atoms with Gasteiger partial charge in [-0.15, -0.1) is 0 Å². The quantitative estimate of drug-likeness (QED) is 0.680. The predicted molar refractivity (Wildman–Crippen MR) is 86.2 cm³/mol. The van der Waals surface area contributed by atoms with Gasteiger partial charge in [-0.3, -0.25) is 9.59 Å². The first-order valence-corrected chi connectivity index (χ1v) is 7.32. The first-order chi connectivity index (χ1) is 11.2. The zero-order chi connectivity index (χ0) is 16.0. The summed E-state index contributed by atoms with van der Waals surface area (Å²) in [6.45, 7) is 0. The Morgan fingerprint density at radius 1 is 0.870 bits per heavy atom. The largest absolute Gasteiger partial charge is 0.268 e.